The van der Waals surface area contributed by atoms with Gasteiger partial charge in [0, 0.05) is 36.4 Å². The van der Waals surface area contributed by atoms with Gasteiger partial charge in [-0.3, -0.25) is 4.99 Å². The van der Waals surface area contributed by atoms with Crippen LogP contribution in [-0.2, 0) is 4.74 Å². The first-order valence-electron chi connectivity index (χ1n) is 9.09. The van der Waals surface area contributed by atoms with Crippen molar-refractivity contribution in [2.75, 3.05) is 32.8 Å². The van der Waals surface area contributed by atoms with Crippen LogP contribution in [0, 0.1) is 0 Å². The molecule has 25 heavy (non-hydrogen) atoms. The predicted octanol–water partition coefficient (Wildman–Crippen LogP) is 4.25. The standard InChI is InChI=1S/C19H31N3OS.HI/c1-4-20-19(22-13-11-17(12-14-22)23-5-2)21-15-16(3)24-18-9-7-6-8-10-18;/h6-10,16-17H,4-5,11-15H2,1-3H3,(H,20,21);1H. The van der Waals surface area contributed by atoms with Crippen LogP contribution in [0.2, 0.25) is 0 Å². The van der Waals surface area contributed by atoms with E-state index < -0.39 is 0 Å². The number of likely N-dealkylation sites (tertiary alicyclic amines) is 1. The summed E-state index contributed by atoms with van der Waals surface area (Å²) in [6.07, 6.45) is 2.60. The fourth-order valence-corrected chi connectivity index (χ4v) is 3.81. The van der Waals surface area contributed by atoms with E-state index in [4.69, 9.17) is 9.73 Å². The molecule has 1 fully saturated rings. The second-order valence-electron chi connectivity index (χ2n) is 6.08. The molecule has 0 saturated carbocycles. The average molecular weight is 477 g/mol. The normalized spacial score (nSPS) is 17.1. The summed E-state index contributed by atoms with van der Waals surface area (Å²) < 4.78 is 5.75. The number of nitrogens with one attached hydrogen (secondary N) is 1. The number of aliphatic imine (C=N–C) groups is 1. The lowest BCUT2D eigenvalue weighted by atomic mass is 10.1. The van der Waals surface area contributed by atoms with Gasteiger partial charge in [0.25, 0.3) is 0 Å². The molecule has 1 saturated heterocycles. The van der Waals surface area contributed by atoms with Gasteiger partial charge in [0.1, 0.15) is 0 Å². The highest BCUT2D eigenvalue weighted by atomic mass is 127. The van der Waals surface area contributed by atoms with Crippen molar-refractivity contribution < 1.29 is 4.74 Å². The molecular formula is C19H32IN3OS. The third-order valence-corrected chi connectivity index (χ3v) is 5.15. The molecule has 1 unspecified atom stereocenters. The van der Waals surface area contributed by atoms with Gasteiger partial charge in [0.05, 0.1) is 12.6 Å². The Balaban J connectivity index is 0.00000312. The van der Waals surface area contributed by atoms with Crippen LogP contribution in [-0.4, -0.2) is 55.0 Å². The lowest BCUT2D eigenvalue weighted by Crippen LogP contribution is -2.47. The quantitative estimate of drug-likeness (QED) is 0.276. The second kappa shape index (κ2) is 12.8. The van der Waals surface area contributed by atoms with Gasteiger partial charge in [-0.15, -0.1) is 35.7 Å². The molecular weight excluding hydrogens is 445 g/mol. The summed E-state index contributed by atoms with van der Waals surface area (Å²) in [5.41, 5.74) is 0. The number of rotatable bonds is 7. The fourth-order valence-electron chi connectivity index (χ4n) is 2.88. The van der Waals surface area contributed by atoms with Gasteiger partial charge in [0.15, 0.2) is 5.96 Å². The van der Waals surface area contributed by atoms with Gasteiger partial charge in [-0.05, 0) is 38.8 Å². The first-order chi connectivity index (χ1) is 11.7. The van der Waals surface area contributed by atoms with Crippen molar-refractivity contribution in [1.29, 1.82) is 0 Å². The van der Waals surface area contributed by atoms with Gasteiger partial charge in [0.2, 0.25) is 0 Å². The molecule has 1 N–H and O–H groups in total. The molecule has 0 spiro atoms. The molecule has 1 heterocycles. The van der Waals surface area contributed by atoms with Crippen molar-refractivity contribution in [2.45, 2.75) is 49.9 Å². The SMILES string of the molecule is CCNC(=NCC(C)Sc1ccccc1)N1CCC(OCC)CC1.I. The lowest BCUT2D eigenvalue weighted by Gasteiger charge is -2.34. The Kier molecular flexibility index (Phi) is 11.6. The monoisotopic (exact) mass is 477 g/mol. The molecule has 6 heteroatoms. The summed E-state index contributed by atoms with van der Waals surface area (Å²) in [5, 5.41) is 3.90. The van der Waals surface area contributed by atoms with E-state index in [9.17, 15) is 0 Å². The van der Waals surface area contributed by atoms with Crippen molar-refractivity contribution in [3.05, 3.63) is 30.3 Å². The Morgan fingerprint density at radius 3 is 2.56 bits per heavy atom. The summed E-state index contributed by atoms with van der Waals surface area (Å²) >= 11 is 1.88. The molecule has 1 aromatic rings. The summed E-state index contributed by atoms with van der Waals surface area (Å²) in [5.74, 6) is 1.05. The largest absolute Gasteiger partial charge is 0.378 e. The highest BCUT2D eigenvalue weighted by Crippen LogP contribution is 2.23. The van der Waals surface area contributed by atoms with Crippen molar-refractivity contribution in [3.8, 4) is 0 Å². The Hall–Kier alpha value is -0.470. The number of halogens is 1. The predicted molar refractivity (Wildman–Crippen MR) is 119 cm³/mol. The number of ether oxygens (including phenoxy) is 1. The number of benzene rings is 1. The smallest absolute Gasteiger partial charge is 0.193 e. The number of hydrogen-bond acceptors (Lipinski definition) is 3. The molecule has 142 valence electrons. The van der Waals surface area contributed by atoms with E-state index in [0.717, 1.165) is 51.6 Å². The van der Waals surface area contributed by atoms with E-state index in [2.05, 4.69) is 61.3 Å². The van der Waals surface area contributed by atoms with Crippen molar-refractivity contribution >= 4 is 41.7 Å². The number of hydrogen-bond donors (Lipinski definition) is 1. The number of piperidine rings is 1. The number of nitrogens with zero attached hydrogens (tertiary/aromatic N) is 2. The van der Waals surface area contributed by atoms with Gasteiger partial charge >= 0.3 is 0 Å². The molecule has 0 aliphatic carbocycles. The van der Waals surface area contributed by atoms with E-state index in [1.165, 1.54) is 4.90 Å². The van der Waals surface area contributed by atoms with Crippen LogP contribution >= 0.6 is 35.7 Å². The first kappa shape index (κ1) is 22.6. The van der Waals surface area contributed by atoms with E-state index >= 15 is 0 Å². The lowest BCUT2D eigenvalue weighted by molar-refractivity contribution is 0.0264. The molecule has 0 radical (unpaired) electrons. The van der Waals surface area contributed by atoms with Gasteiger partial charge in [-0.2, -0.15) is 0 Å². The molecule has 1 aromatic carbocycles. The third kappa shape index (κ3) is 8.17. The fraction of sp³-hybridized carbons (Fsp3) is 0.632. The Bertz CT molecular complexity index is 493. The van der Waals surface area contributed by atoms with Crippen LogP contribution in [0.4, 0.5) is 0 Å². The summed E-state index contributed by atoms with van der Waals surface area (Å²) in [6, 6.07) is 10.6. The molecule has 0 aromatic heterocycles. The molecule has 1 atom stereocenters. The van der Waals surface area contributed by atoms with Crippen LogP contribution in [0.1, 0.15) is 33.6 Å². The highest BCUT2D eigenvalue weighted by molar-refractivity contribution is 14.0. The van der Waals surface area contributed by atoms with Gasteiger partial charge < -0.3 is 15.0 Å². The van der Waals surface area contributed by atoms with Crippen LogP contribution in [0.25, 0.3) is 0 Å². The van der Waals surface area contributed by atoms with Crippen molar-refractivity contribution in [3.63, 3.8) is 0 Å². The van der Waals surface area contributed by atoms with Crippen molar-refractivity contribution in [1.82, 2.24) is 10.2 Å². The van der Waals surface area contributed by atoms with Gasteiger partial charge in [-0.25, -0.2) is 0 Å². The Morgan fingerprint density at radius 2 is 1.96 bits per heavy atom. The topological polar surface area (TPSA) is 36.9 Å². The number of thioether (sulfide) groups is 1. The molecule has 2 rings (SSSR count). The molecule has 0 amide bonds. The maximum Gasteiger partial charge on any atom is 0.193 e. The van der Waals surface area contributed by atoms with E-state index in [-0.39, 0.29) is 24.0 Å². The second-order valence-corrected chi connectivity index (χ2v) is 7.59. The maximum atomic E-state index is 5.75. The Morgan fingerprint density at radius 1 is 1.28 bits per heavy atom. The van der Waals surface area contributed by atoms with E-state index in [1.54, 1.807) is 0 Å². The van der Waals surface area contributed by atoms with Crippen molar-refractivity contribution in [2.24, 2.45) is 4.99 Å². The molecule has 1 aliphatic rings. The van der Waals surface area contributed by atoms with Gasteiger partial charge in [-0.1, -0.05) is 25.1 Å². The van der Waals surface area contributed by atoms with Crippen LogP contribution < -0.4 is 5.32 Å². The zero-order valence-corrected chi connectivity index (χ0v) is 18.8. The zero-order valence-electron chi connectivity index (χ0n) is 15.6. The molecule has 4 nitrogen and oxygen atoms in total. The maximum absolute atomic E-state index is 5.75. The zero-order chi connectivity index (χ0) is 17.2. The summed E-state index contributed by atoms with van der Waals surface area (Å²) in [7, 11) is 0. The van der Waals surface area contributed by atoms with Crippen LogP contribution in [0.5, 0.6) is 0 Å². The summed E-state index contributed by atoms with van der Waals surface area (Å²) in [4.78, 5) is 8.56. The van der Waals surface area contributed by atoms with E-state index in [0.29, 0.717) is 11.4 Å². The molecule has 0 bridgehead atoms. The minimum Gasteiger partial charge on any atom is -0.378 e. The molecule has 1 aliphatic heterocycles. The summed E-state index contributed by atoms with van der Waals surface area (Å²) in [6.45, 7) is 11.0. The minimum absolute atomic E-state index is 0. The van der Waals surface area contributed by atoms with Crippen LogP contribution in [0.3, 0.4) is 0 Å². The van der Waals surface area contributed by atoms with E-state index in [1.807, 2.05) is 11.8 Å². The highest BCUT2D eigenvalue weighted by Gasteiger charge is 2.21. The minimum atomic E-state index is 0. The van der Waals surface area contributed by atoms with Crippen LogP contribution in [0.15, 0.2) is 40.2 Å². The first-order valence-corrected chi connectivity index (χ1v) is 9.97. The Labute approximate surface area is 174 Å². The third-order valence-electron chi connectivity index (χ3n) is 4.06. The average Bonchev–Trinajstić information content (AvgIpc) is 2.60. The number of guanidine groups is 1.